The van der Waals surface area contributed by atoms with Crippen LogP contribution in [0.25, 0.3) is 5.65 Å². The van der Waals surface area contributed by atoms with Crippen molar-refractivity contribution in [1.29, 1.82) is 0 Å². The van der Waals surface area contributed by atoms with Gasteiger partial charge in [0.05, 0.1) is 0 Å². The van der Waals surface area contributed by atoms with Crippen molar-refractivity contribution in [1.82, 2.24) is 14.6 Å². The van der Waals surface area contributed by atoms with Gasteiger partial charge in [-0.05, 0) is 26.8 Å². The molecule has 2 heterocycles. The van der Waals surface area contributed by atoms with Crippen LogP contribution < -0.4 is 10.2 Å². The Kier molecular flexibility index (Phi) is 3.27. The third-order valence-corrected chi connectivity index (χ3v) is 3.09. The lowest BCUT2D eigenvalue weighted by Gasteiger charge is -2.19. The van der Waals surface area contributed by atoms with Gasteiger partial charge in [0.1, 0.15) is 5.60 Å². The number of fused-ring (bicyclic) bond motifs is 1. The minimum atomic E-state index is -0.531. The van der Waals surface area contributed by atoms with Gasteiger partial charge in [-0.3, -0.25) is 5.32 Å². The molecule has 0 atom stereocenters. The minimum Gasteiger partial charge on any atom is -0.444 e. The van der Waals surface area contributed by atoms with E-state index in [1.165, 1.54) is 5.70 Å². The number of aromatic nitrogens is 3. The molecule has 0 saturated heterocycles. The van der Waals surface area contributed by atoms with E-state index in [0.717, 1.165) is 6.42 Å². The second-order valence-electron chi connectivity index (χ2n) is 6.22. The molecule has 116 valence electrons. The number of rotatable bonds is 3. The second kappa shape index (κ2) is 5.01. The maximum Gasteiger partial charge on any atom is 0.412 e. The summed E-state index contributed by atoms with van der Waals surface area (Å²) in [6.07, 6.45) is 4.36. The molecule has 3 rings (SSSR count). The van der Waals surface area contributed by atoms with Crippen LogP contribution in [0.1, 0.15) is 27.2 Å². The van der Waals surface area contributed by atoms with Gasteiger partial charge in [-0.2, -0.15) is 4.98 Å². The number of amides is 1. The predicted octanol–water partition coefficient (Wildman–Crippen LogP) is 2.80. The summed E-state index contributed by atoms with van der Waals surface area (Å²) in [5.74, 6) is 0.637. The Morgan fingerprint density at radius 3 is 2.82 bits per heavy atom. The summed E-state index contributed by atoms with van der Waals surface area (Å²) < 4.78 is 6.90. The summed E-state index contributed by atoms with van der Waals surface area (Å²) in [6, 6.07) is 3.52. The van der Waals surface area contributed by atoms with Gasteiger partial charge in [0.2, 0.25) is 5.95 Å². The second-order valence-corrected chi connectivity index (χ2v) is 6.22. The van der Waals surface area contributed by atoms with E-state index in [0.29, 0.717) is 17.3 Å². The third kappa shape index (κ3) is 3.19. The van der Waals surface area contributed by atoms with Crippen LogP contribution in [-0.4, -0.2) is 33.3 Å². The number of anilines is 2. The maximum absolute atomic E-state index is 11.8. The van der Waals surface area contributed by atoms with Crippen LogP contribution in [0.5, 0.6) is 0 Å². The molecule has 2 aromatic heterocycles. The molecule has 1 amide bonds. The highest BCUT2D eigenvalue weighted by Crippen LogP contribution is 2.26. The summed E-state index contributed by atoms with van der Waals surface area (Å²) >= 11 is 0. The van der Waals surface area contributed by atoms with Gasteiger partial charge < -0.3 is 9.64 Å². The Hall–Kier alpha value is -2.57. The van der Waals surface area contributed by atoms with Gasteiger partial charge in [-0.15, -0.1) is 5.10 Å². The predicted molar refractivity (Wildman–Crippen MR) is 83.9 cm³/mol. The maximum atomic E-state index is 11.8. The molecule has 0 aliphatic heterocycles. The van der Waals surface area contributed by atoms with Gasteiger partial charge in [-0.1, -0.05) is 6.08 Å². The van der Waals surface area contributed by atoms with E-state index < -0.39 is 11.7 Å². The molecule has 0 unspecified atom stereocenters. The van der Waals surface area contributed by atoms with Crippen molar-refractivity contribution >= 4 is 23.4 Å². The van der Waals surface area contributed by atoms with Crippen LogP contribution in [0.2, 0.25) is 0 Å². The zero-order chi connectivity index (χ0) is 15.9. The van der Waals surface area contributed by atoms with Crippen LogP contribution in [0.15, 0.2) is 30.1 Å². The van der Waals surface area contributed by atoms with E-state index in [-0.39, 0.29) is 0 Å². The molecule has 0 fully saturated rings. The van der Waals surface area contributed by atoms with Crippen molar-refractivity contribution in [3.8, 4) is 0 Å². The van der Waals surface area contributed by atoms with E-state index >= 15 is 0 Å². The van der Waals surface area contributed by atoms with Gasteiger partial charge in [0, 0.05) is 37.1 Å². The van der Waals surface area contributed by atoms with Crippen molar-refractivity contribution in [2.75, 3.05) is 17.3 Å². The number of carbonyl (C=O) groups excluding carboxylic acids is 1. The van der Waals surface area contributed by atoms with Crippen LogP contribution in [-0.2, 0) is 4.74 Å². The van der Waals surface area contributed by atoms with E-state index in [1.54, 1.807) is 22.8 Å². The van der Waals surface area contributed by atoms with Gasteiger partial charge in [0.25, 0.3) is 0 Å². The topological polar surface area (TPSA) is 71.8 Å². The summed E-state index contributed by atoms with van der Waals surface area (Å²) in [6.45, 7) is 5.47. The van der Waals surface area contributed by atoms with Crippen molar-refractivity contribution in [3.05, 3.63) is 30.1 Å². The van der Waals surface area contributed by atoms with E-state index in [2.05, 4.69) is 21.5 Å². The average molecular weight is 301 g/mol. The Morgan fingerprint density at radius 1 is 1.45 bits per heavy atom. The molecule has 0 saturated carbocycles. The monoisotopic (exact) mass is 301 g/mol. The van der Waals surface area contributed by atoms with Crippen LogP contribution in [0.4, 0.5) is 16.4 Å². The molecule has 1 aliphatic carbocycles. The number of allylic oxidation sites excluding steroid dienone is 2. The molecular formula is C15H19N5O2. The largest absolute Gasteiger partial charge is 0.444 e. The summed E-state index contributed by atoms with van der Waals surface area (Å²) in [7, 11) is 1.94. The zero-order valence-electron chi connectivity index (χ0n) is 13.1. The third-order valence-electron chi connectivity index (χ3n) is 3.09. The van der Waals surface area contributed by atoms with E-state index in [4.69, 9.17) is 4.74 Å². The molecule has 0 spiro atoms. The van der Waals surface area contributed by atoms with Crippen molar-refractivity contribution in [2.45, 2.75) is 32.8 Å². The Labute approximate surface area is 128 Å². The summed E-state index contributed by atoms with van der Waals surface area (Å²) in [4.78, 5) is 18.2. The van der Waals surface area contributed by atoms with Gasteiger partial charge in [0.15, 0.2) is 5.65 Å². The molecule has 2 aromatic rings. The smallest absolute Gasteiger partial charge is 0.412 e. The number of nitrogens with zero attached hydrogens (tertiary/aromatic N) is 4. The summed E-state index contributed by atoms with van der Waals surface area (Å²) in [5.41, 5.74) is 1.96. The highest BCUT2D eigenvalue weighted by atomic mass is 16.6. The molecule has 0 aromatic carbocycles. The Bertz CT molecular complexity index is 757. The number of carbonyl (C=O) groups is 1. The van der Waals surface area contributed by atoms with E-state index in [9.17, 15) is 4.79 Å². The quantitative estimate of drug-likeness (QED) is 0.943. The Balaban J connectivity index is 1.77. The highest BCUT2D eigenvalue weighted by Gasteiger charge is 2.19. The molecule has 0 bridgehead atoms. The number of ether oxygens (including phenoxy) is 1. The fourth-order valence-electron chi connectivity index (χ4n) is 1.96. The number of pyridine rings is 1. The molecule has 7 heteroatoms. The number of hydrogen-bond acceptors (Lipinski definition) is 5. The zero-order valence-corrected chi connectivity index (χ0v) is 13.1. The molecule has 0 radical (unpaired) electrons. The van der Waals surface area contributed by atoms with Crippen molar-refractivity contribution in [3.63, 3.8) is 0 Å². The highest BCUT2D eigenvalue weighted by molar-refractivity contribution is 5.85. The standard InChI is InChI=1S/C15H19N5O2/c1-15(2,3)22-14(21)16-10-7-8-20-12(9-10)17-13(18-20)19(4)11-5-6-11/h5,7-9H,6H2,1-4H3,(H,16,21). The lowest BCUT2D eigenvalue weighted by Crippen LogP contribution is -2.27. The van der Waals surface area contributed by atoms with Gasteiger partial charge in [-0.25, -0.2) is 9.31 Å². The fraction of sp³-hybridized carbons (Fsp3) is 0.400. The molecule has 1 N–H and O–H groups in total. The first-order valence-corrected chi connectivity index (χ1v) is 7.11. The van der Waals surface area contributed by atoms with Gasteiger partial charge >= 0.3 is 6.09 Å². The first-order valence-electron chi connectivity index (χ1n) is 7.11. The van der Waals surface area contributed by atoms with Crippen LogP contribution in [0.3, 0.4) is 0 Å². The molecule has 22 heavy (non-hydrogen) atoms. The van der Waals surface area contributed by atoms with Crippen molar-refractivity contribution < 1.29 is 9.53 Å². The number of hydrogen-bond donors (Lipinski definition) is 1. The normalized spacial score (nSPS) is 13.7. The molecular weight excluding hydrogens is 282 g/mol. The van der Waals surface area contributed by atoms with E-state index in [1.807, 2.05) is 32.7 Å². The first-order chi connectivity index (χ1) is 10.3. The van der Waals surface area contributed by atoms with Crippen LogP contribution >= 0.6 is 0 Å². The molecule has 7 nitrogen and oxygen atoms in total. The molecule has 1 aliphatic rings. The minimum absolute atomic E-state index is 0.489. The Morgan fingerprint density at radius 2 is 2.18 bits per heavy atom. The van der Waals surface area contributed by atoms with Crippen molar-refractivity contribution in [2.24, 2.45) is 0 Å². The lowest BCUT2D eigenvalue weighted by atomic mass is 10.2. The lowest BCUT2D eigenvalue weighted by molar-refractivity contribution is 0.0636. The fourth-order valence-corrected chi connectivity index (χ4v) is 1.96. The SMILES string of the molecule is CN(C1=CC1)c1nc2cc(NC(=O)OC(C)(C)C)ccn2n1. The van der Waals surface area contributed by atoms with Crippen LogP contribution in [0, 0.1) is 0 Å². The average Bonchev–Trinajstić information content (AvgIpc) is 3.15. The number of nitrogens with one attached hydrogen (secondary N) is 1. The summed E-state index contributed by atoms with van der Waals surface area (Å²) in [5, 5.41) is 7.10. The first kappa shape index (κ1) is 14.4.